The van der Waals surface area contributed by atoms with Gasteiger partial charge in [0.1, 0.15) is 18.1 Å². The number of ether oxygens (including phenoxy) is 1. The standard InChI is InChI=1S/C25H19BrN4O2/c26-19-9-10-22-23(25(31)27-24(22)13-19)12-18-7-4-8-21(11-18)32-16-20-15-30(29-28-20)14-17-5-2-1-3-6-17/h1-13,15H,14,16H2,(H,27,31)/b23-12+. The summed E-state index contributed by atoms with van der Waals surface area (Å²) in [4.78, 5) is 12.4. The van der Waals surface area contributed by atoms with Crippen LogP contribution in [0.2, 0.25) is 0 Å². The van der Waals surface area contributed by atoms with Gasteiger partial charge in [0.25, 0.3) is 5.91 Å². The first-order valence-corrected chi connectivity index (χ1v) is 10.9. The second kappa shape index (κ2) is 8.80. The Kier molecular flexibility index (Phi) is 5.56. The van der Waals surface area contributed by atoms with E-state index in [2.05, 4.69) is 43.7 Å². The Morgan fingerprint density at radius 1 is 1.03 bits per heavy atom. The van der Waals surface area contributed by atoms with Crippen molar-refractivity contribution in [3.63, 3.8) is 0 Å². The number of halogens is 1. The van der Waals surface area contributed by atoms with E-state index in [1.807, 2.05) is 72.9 Å². The van der Waals surface area contributed by atoms with E-state index in [4.69, 9.17) is 4.74 Å². The van der Waals surface area contributed by atoms with E-state index in [0.717, 1.165) is 32.5 Å². The van der Waals surface area contributed by atoms with Crippen LogP contribution in [-0.2, 0) is 17.9 Å². The third-order valence-electron chi connectivity index (χ3n) is 5.09. The predicted octanol–water partition coefficient (Wildman–Crippen LogP) is 5.16. The highest BCUT2D eigenvalue weighted by Crippen LogP contribution is 2.35. The van der Waals surface area contributed by atoms with Crippen molar-refractivity contribution in [3.8, 4) is 5.75 Å². The first kappa shape index (κ1) is 20.2. The van der Waals surface area contributed by atoms with E-state index in [1.54, 1.807) is 4.68 Å². The zero-order valence-electron chi connectivity index (χ0n) is 17.0. The number of fused-ring (bicyclic) bond motifs is 1. The average molecular weight is 487 g/mol. The molecule has 1 N–H and O–H groups in total. The second-order valence-corrected chi connectivity index (χ2v) is 8.37. The molecule has 0 bridgehead atoms. The van der Waals surface area contributed by atoms with Gasteiger partial charge in [-0.1, -0.05) is 69.7 Å². The predicted molar refractivity (Wildman–Crippen MR) is 127 cm³/mol. The Morgan fingerprint density at radius 2 is 1.91 bits per heavy atom. The van der Waals surface area contributed by atoms with Gasteiger partial charge in [-0.25, -0.2) is 4.68 Å². The normalized spacial score (nSPS) is 13.8. The zero-order chi connectivity index (χ0) is 21.9. The minimum Gasteiger partial charge on any atom is -0.487 e. The highest BCUT2D eigenvalue weighted by atomic mass is 79.9. The molecule has 0 fully saturated rings. The van der Waals surface area contributed by atoms with Gasteiger partial charge >= 0.3 is 0 Å². The molecule has 0 radical (unpaired) electrons. The van der Waals surface area contributed by atoms with Crippen LogP contribution < -0.4 is 10.1 Å². The summed E-state index contributed by atoms with van der Waals surface area (Å²) in [7, 11) is 0. The van der Waals surface area contributed by atoms with Gasteiger partial charge in [0, 0.05) is 15.6 Å². The summed E-state index contributed by atoms with van der Waals surface area (Å²) in [5, 5.41) is 11.3. The summed E-state index contributed by atoms with van der Waals surface area (Å²) in [5.74, 6) is 0.589. The van der Waals surface area contributed by atoms with Crippen LogP contribution in [0.15, 0.2) is 83.5 Å². The van der Waals surface area contributed by atoms with Crippen molar-refractivity contribution in [2.24, 2.45) is 0 Å². The summed E-state index contributed by atoms with van der Waals surface area (Å²) in [6, 6.07) is 23.5. The van der Waals surface area contributed by atoms with E-state index in [9.17, 15) is 4.79 Å². The van der Waals surface area contributed by atoms with Gasteiger partial charge in [0.2, 0.25) is 0 Å². The molecule has 0 unspecified atom stereocenters. The molecule has 1 amide bonds. The lowest BCUT2D eigenvalue weighted by atomic mass is 10.0. The molecule has 1 aliphatic rings. The van der Waals surface area contributed by atoms with Gasteiger partial charge in [-0.2, -0.15) is 0 Å². The Morgan fingerprint density at radius 3 is 2.78 bits per heavy atom. The lowest BCUT2D eigenvalue weighted by Crippen LogP contribution is -2.03. The van der Waals surface area contributed by atoms with E-state index >= 15 is 0 Å². The molecule has 7 heteroatoms. The van der Waals surface area contributed by atoms with E-state index in [-0.39, 0.29) is 5.91 Å². The minimum atomic E-state index is -0.112. The second-order valence-electron chi connectivity index (χ2n) is 7.46. The third kappa shape index (κ3) is 4.48. The number of nitrogens with one attached hydrogen (secondary N) is 1. The van der Waals surface area contributed by atoms with Crippen LogP contribution in [0.5, 0.6) is 5.75 Å². The number of carbonyl (C=O) groups excluding carboxylic acids is 1. The van der Waals surface area contributed by atoms with Gasteiger partial charge < -0.3 is 10.1 Å². The molecule has 1 aromatic heterocycles. The molecular formula is C25H19BrN4O2. The Labute approximate surface area is 193 Å². The van der Waals surface area contributed by atoms with Gasteiger partial charge in [0.15, 0.2) is 0 Å². The molecule has 4 aromatic rings. The Balaban J connectivity index is 1.28. The third-order valence-corrected chi connectivity index (χ3v) is 5.59. The lowest BCUT2D eigenvalue weighted by molar-refractivity contribution is -0.110. The number of hydrogen-bond donors (Lipinski definition) is 1. The molecular weight excluding hydrogens is 468 g/mol. The van der Waals surface area contributed by atoms with E-state index in [0.29, 0.717) is 24.5 Å². The molecule has 6 nitrogen and oxygen atoms in total. The number of rotatable bonds is 6. The van der Waals surface area contributed by atoms with Crippen molar-refractivity contribution in [2.45, 2.75) is 13.2 Å². The maximum absolute atomic E-state index is 12.4. The van der Waals surface area contributed by atoms with Crippen LogP contribution in [-0.4, -0.2) is 20.9 Å². The number of benzene rings is 3. The van der Waals surface area contributed by atoms with Gasteiger partial charge in [-0.05, 0) is 41.5 Å². The quantitative estimate of drug-likeness (QED) is 0.382. The van der Waals surface area contributed by atoms with E-state index < -0.39 is 0 Å². The molecule has 0 atom stereocenters. The molecule has 3 aromatic carbocycles. The summed E-state index contributed by atoms with van der Waals surface area (Å²) in [5.41, 5.74) is 5.13. The maximum Gasteiger partial charge on any atom is 0.256 e. The Bertz CT molecular complexity index is 1310. The van der Waals surface area contributed by atoms with Crippen LogP contribution in [0.1, 0.15) is 22.4 Å². The first-order chi connectivity index (χ1) is 15.6. The molecule has 0 saturated carbocycles. The SMILES string of the molecule is O=C1Nc2cc(Br)ccc2/C1=C\c1cccc(OCc2cn(Cc3ccccc3)nn2)c1. The van der Waals surface area contributed by atoms with E-state index in [1.165, 1.54) is 0 Å². The molecule has 0 aliphatic carbocycles. The largest absolute Gasteiger partial charge is 0.487 e. The molecule has 32 heavy (non-hydrogen) atoms. The number of hydrogen-bond acceptors (Lipinski definition) is 4. The highest BCUT2D eigenvalue weighted by Gasteiger charge is 2.24. The minimum absolute atomic E-state index is 0.112. The van der Waals surface area contributed by atoms with Gasteiger partial charge in [-0.3, -0.25) is 4.79 Å². The molecule has 0 spiro atoms. The van der Waals surface area contributed by atoms with Crippen molar-refractivity contribution >= 4 is 39.2 Å². The van der Waals surface area contributed by atoms with Crippen LogP contribution >= 0.6 is 15.9 Å². The summed E-state index contributed by atoms with van der Waals surface area (Å²) < 4.78 is 8.64. The summed E-state index contributed by atoms with van der Waals surface area (Å²) in [6.45, 7) is 0.975. The van der Waals surface area contributed by atoms with Crippen LogP contribution in [0.25, 0.3) is 11.6 Å². The molecule has 2 heterocycles. The molecule has 5 rings (SSSR count). The van der Waals surface area contributed by atoms with Crippen molar-refractivity contribution in [3.05, 3.63) is 106 Å². The van der Waals surface area contributed by atoms with Crippen molar-refractivity contribution < 1.29 is 9.53 Å². The topological polar surface area (TPSA) is 69.0 Å². The zero-order valence-corrected chi connectivity index (χ0v) is 18.6. The van der Waals surface area contributed by atoms with Crippen LogP contribution in [0.4, 0.5) is 5.69 Å². The monoisotopic (exact) mass is 486 g/mol. The maximum atomic E-state index is 12.4. The van der Waals surface area contributed by atoms with Gasteiger partial charge in [0.05, 0.1) is 18.4 Å². The summed E-state index contributed by atoms with van der Waals surface area (Å²) >= 11 is 3.44. The van der Waals surface area contributed by atoms with Gasteiger partial charge in [-0.15, -0.1) is 5.10 Å². The van der Waals surface area contributed by atoms with Crippen LogP contribution in [0, 0.1) is 0 Å². The van der Waals surface area contributed by atoms with Crippen molar-refractivity contribution in [1.29, 1.82) is 0 Å². The lowest BCUT2D eigenvalue weighted by Gasteiger charge is -2.05. The number of amides is 1. The number of nitrogens with zero attached hydrogens (tertiary/aromatic N) is 3. The molecule has 0 saturated heterocycles. The average Bonchev–Trinajstić information content (AvgIpc) is 3.37. The number of aromatic nitrogens is 3. The fourth-order valence-electron chi connectivity index (χ4n) is 3.58. The van der Waals surface area contributed by atoms with Crippen molar-refractivity contribution in [2.75, 3.05) is 5.32 Å². The molecule has 1 aliphatic heterocycles. The highest BCUT2D eigenvalue weighted by molar-refractivity contribution is 9.10. The molecule has 158 valence electrons. The number of anilines is 1. The summed E-state index contributed by atoms with van der Waals surface area (Å²) in [6.07, 6.45) is 3.76. The van der Waals surface area contributed by atoms with Crippen molar-refractivity contribution in [1.82, 2.24) is 15.0 Å². The van der Waals surface area contributed by atoms with Crippen LogP contribution in [0.3, 0.4) is 0 Å². The fourth-order valence-corrected chi connectivity index (χ4v) is 3.94. The smallest absolute Gasteiger partial charge is 0.256 e. The fraction of sp³-hybridized carbons (Fsp3) is 0.0800. The first-order valence-electron chi connectivity index (χ1n) is 10.1. The Hall–Kier alpha value is -3.71. The number of carbonyl (C=O) groups is 1.